The van der Waals surface area contributed by atoms with Gasteiger partial charge in [-0.25, -0.2) is 4.39 Å². The zero-order chi connectivity index (χ0) is 17.4. The van der Waals surface area contributed by atoms with E-state index in [9.17, 15) is 4.39 Å². The highest BCUT2D eigenvalue weighted by Crippen LogP contribution is 2.20. The first-order chi connectivity index (χ1) is 11.6. The molecule has 0 aliphatic carbocycles. The summed E-state index contributed by atoms with van der Waals surface area (Å²) in [6.07, 6.45) is 2.61. The van der Waals surface area contributed by atoms with Crippen LogP contribution in [0.4, 0.5) is 10.2 Å². The molecule has 5 nitrogen and oxygen atoms in total. The van der Waals surface area contributed by atoms with Gasteiger partial charge < -0.3 is 15.4 Å². The molecule has 0 amide bonds. The largest absolute Gasteiger partial charge is 0.382 e. The van der Waals surface area contributed by atoms with Gasteiger partial charge in [0.1, 0.15) is 5.82 Å². The van der Waals surface area contributed by atoms with Crippen molar-refractivity contribution < 1.29 is 9.13 Å². The minimum Gasteiger partial charge on any atom is -0.382 e. The number of nitrogens with zero attached hydrogens (tertiary/aromatic N) is 2. The summed E-state index contributed by atoms with van der Waals surface area (Å²) in [5.74, 6) is 0.240. The second-order valence-electron chi connectivity index (χ2n) is 5.03. The van der Waals surface area contributed by atoms with Crippen molar-refractivity contribution in [3.8, 4) is 0 Å². The molecule has 0 aliphatic heterocycles. The lowest BCUT2D eigenvalue weighted by Gasteiger charge is -2.09. The van der Waals surface area contributed by atoms with Gasteiger partial charge in [-0.2, -0.15) is 5.10 Å². The fraction of sp³-hybridized carbons (Fsp3) is 0.375. The maximum Gasteiger partial charge on any atom is 0.171 e. The Hall–Kier alpha value is -1.70. The highest BCUT2D eigenvalue weighted by Gasteiger charge is 2.09. The first kappa shape index (κ1) is 18.6. The van der Waals surface area contributed by atoms with Crippen LogP contribution in [0.2, 0.25) is 5.02 Å². The van der Waals surface area contributed by atoms with E-state index in [1.165, 1.54) is 6.07 Å². The molecular weight excluding hydrogens is 351 g/mol. The van der Waals surface area contributed by atoms with Crippen molar-refractivity contribution in [3.63, 3.8) is 0 Å². The van der Waals surface area contributed by atoms with Gasteiger partial charge in [0.2, 0.25) is 0 Å². The molecule has 0 bridgehead atoms. The van der Waals surface area contributed by atoms with E-state index in [1.54, 1.807) is 29.1 Å². The highest BCUT2D eigenvalue weighted by molar-refractivity contribution is 7.80. The number of hydrogen-bond donors (Lipinski definition) is 2. The molecule has 1 heterocycles. The van der Waals surface area contributed by atoms with Crippen LogP contribution in [-0.4, -0.2) is 34.7 Å². The van der Waals surface area contributed by atoms with Crippen LogP contribution in [0.15, 0.2) is 30.5 Å². The average Bonchev–Trinajstić information content (AvgIpc) is 2.98. The molecule has 2 N–H and O–H groups in total. The predicted molar refractivity (Wildman–Crippen MR) is 98.1 cm³/mol. The van der Waals surface area contributed by atoms with Crippen molar-refractivity contribution >= 4 is 34.7 Å². The third-order valence-electron chi connectivity index (χ3n) is 3.22. The highest BCUT2D eigenvalue weighted by atomic mass is 35.5. The molecule has 0 unspecified atom stereocenters. The van der Waals surface area contributed by atoms with Crippen LogP contribution >= 0.6 is 23.8 Å². The van der Waals surface area contributed by atoms with Crippen molar-refractivity contribution in [1.29, 1.82) is 0 Å². The zero-order valence-electron chi connectivity index (χ0n) is 13.4. The van der Waals surface area contributed by atoms with Crippen LogP contribution in [0.3, 0.4) is 0 Å². The van der Waals surface area contributed by atoms with Gasteiger partial charge in [-0.05, 0) is 37.7 Å². The predicted octanol–water partition coefficient (Wildman–Crippen LogP) is 3.44. The number of nitrogens with one attached hydrogen (secondary N) is 2. The van der Waals surface area contributed by atoms with E-state index in [1.807, 2.05) is 6.92 Å². The Labute approximate surface area is 151 Å². The van der Waals surface area contributed by atoms with Gasteiger partial charge in [-0.15, -0.1) is 0 Å². The van der Waals surface area contributed by atoms with Crippen LogP contribution in [-0.2, 0) is 11.3 Å². The quantitative estimate of drug-likeness (QED) is 0.550. The lowest BCUT2D eigenvalue weighted by molar-refractivity contribution is 0.146. The summed E-state index contributed by atoms with van der Waals surface area (Å²) in [6.45, 7) is 4.35. The smallest absolute Gasteiger partial charge is 0.171 e. The number of ether oxygens (including phenoxy) is 1. The van der Waals surface area contributed by atoms with Gasteiger partial charge >= 0.3 is 0 Å². The molecule has 0 saturated carbocycles. The fourth-order valence-electron chi connectivity index (χ4n) is 2.04. The molecule has 0 atom stereocenters. The first-order valence-corrected chi connectivity index (χ1v) is 8.47. The van der Waals surface area contributed by atoms with Crippen LogP contribution in [0.5, 0.6) is 0 Å². The molecule has 0 radical (unpaired) electrons. The van der Waals surface area contributed by atoms with E-state index >= 15 is 0 Å². The first-order valence-electron chi connectivity index (χ1n) is 7.69. The Balaban J connectivity index is 1.83. The fourth-order valence-corrected chi connectivity index (χ4v) is 2.47. The molecule has 0 aliphatic rings. The summed E-state index contributed by atoms with van der Waals surface area (Å²) in [4.78, 5) is 0. The Morgan fingerprint density at radius 3 is 3.00 bits per heavy atom. The molecule has 24 heavy (non-hydrogen) atoms. The van der Waals surface area contributed by atoms with Crippen molar-refractivity contribution in [3.05, 3.63) is 46.9 Å². The molecule has 1 aromatic heterocycles. The summed E-state index contributed by atoms with van der Waals surface area (Å²) < 4.78 is 20.7. The van der Waals surface area contributed by atoms with E-state index in [4.69, 9.17) is 28.6 Å². The normalized spacial score (nSPS) is 10.6. The summed E-state index contributed by atoms with van der Waals surface area (Å²) in [5, 5.41) is 11.2. The van der Waals surface area contributed by atoms with Crippen molar-refractivity contribution in [2.45, 2.75) is 19.9 Å². The van der Waals surface area contributed by atoms with E-state index in [0.29, 0.717) is 34.7 Å². The Morgan fingerprint density at radius 2 is 2.25 bits per heavy atom. The molecule has 1 aromatic carbocycles. The van der Waals surface area contributed by atoms with Crippen molar-refractivity contribution in [2.24, 2.45) is 0 Å². The maximum absolute atomic E-state index is 13.8. The van der Waals surface area contributed by atoms with Gasteiger partial charge in [0.05, 0.1) is 6.54 Å². The molecule has 0 fully saturated rings. The Kier molecular flexibility index (Phi) is 7.42. The third kappa shape index (κ3) is 5.74. The second kappa shape index (κ2) is 9.56. The molecule has 2 rings (SSSR count). The molecular formula is C16H20ClFN4OS. The Morgan fingerprint density at radius 1 is 1.42 bits per heavy atom. The number of hydrogen-bond acceptors (Lipinski definition) is 3. The Bertz CT molecular complexity index is 660. The molecule has 130 valence electrons. The number of anilines is 1. The monoisotopic (exact) mass is 370 g/mol. The van der Waals surface area contributed by atoms with Gasteiger partial charge in [0.25, 0.3) is 0 Å². The third-order valence-corrected chi connectivity index (χ3v) is 3.82. The number of benzene rings is 1. The van der Waals surface area contributed by atoms with E-state index in [-0.39, 0.29) is 12.4 Å². The minimum absolute atomic E-state index is 0.252. The van der Waals surface area contributed by atoms with E-state index in [0.717, 1.165) is 13.0 Å². The summed E-state index contributed by atoms with van der Waals surface area (Å²) in [7, 11) is 0. The van der Waals surface area contributed by atoms with Gasteiger partial charge in [0, 0.05) is 42.6 Å². The number of aromatic nitrogens is 2. The maximum atomic E-state index is 13.8. The van der Waals surface area contributed by atoms with Gasteiger partial charge in [-0.3, -0.25) is 4.68 Å². The topological polar surface area (TPSA) is 51.1 Å². The second-order valence-corrected chi connectivity index (χ2v) is 5.85. The summed E-state index contributed by atoms with van der Waals surface area (Å²) >= 11 is 11.2. The van der Waals surface area contributed by atoms with E-state index in [2.05, 4.69) is 15.7 Å². The van der Waals surface area contributed by atoms with Crippen LogP contribution in [0, 0.1) is 5.82 Å². The van der Waals surface area contributed by atoms with Crippen molar-refractivity contribution in [2.75, 3.05) is 25.1 Å². The average molecular weight is 371 g/mol. The number of rotatable bonds is 8. The van der Waals surface area contributed by atoms with Crippen LogP contribution in [0.25, 0.3) is 0 Å². The molecule has 8 heteroatoms. The molecule has 0 spiro atoms. The SMILES string of the molecule is CCOCCCNC(=S)Nc1ccn(Cc2c(F)cccc2Cl)n1. The number of thiocarbonyl (C=S) groups is 1. The van der Waals surface area contributed by atoms with Gasteiger partial charge in [0.15, 0.2) is 10.9 Å². The summed E-state index contributed by atoms with van der Waals surface area (Å²) in [6, 6.07) is 6.38. The zero-order valence-corrected chi connectivity index (χ0v) is 15.0. The standard InChI is InChI=1S/C16H20ClFN4OS/c1-2-23-10-4-8-19-16(24)20-15-7-9-22(21-15)11-12-13(17)5-3-6-14(12)18/h3,5-7,9H,2,4,8,10-11H2,1H3,(H2,19,20,21,24). The van der Waals surface area contributed by atoms with Crippen LogP contribution < -0.4 is 10.6 Å². The summed E-state index contributed by atoms with van der Waals surface area (Å²) in [5.41, 5.74) is 0.408. The van der Waals surface area contributed by atoms with Crippen LogP contribution in [0.1, 0.15) is 18.9 Å². The molecule has 2 aromatic rings. The van der Waals surface area contributed by atoms with E-state index < -0.39 is 0 Å². The lowest BCUT2D eigenvalue weighted by atomic mass is 10.2. The molecule has 0 saturated heterocycles. The minimum atomic E-state index is -0.348. The lowest BCUT2D eigenvalue weighted by Crippen LogP contribution is -2.30. The van der Waals surface area contributed by atoms with Gasteiger partial charge in [-0.1, -0.05) is 17.7 Å². The van der Waals surface area contributed by atoms with Crippen molar-refractivity contribution in [1.82, 2.24) is 15.1 Å². The number of halogens is 2.